The fourth-order valence-electron chi connectivity index (χ4n) is 2.77. The van der Waals surface area contributed by atoms with Crippen molar-refractivity contribution < 1.29 is 28.5 Å². The summed E-state index contributed by atoms with van der Waals surface area (Å²) >= 11 is 0. The van der Waals surface area contributed by atoms with Gasteiger partial charge in [0.1, 0.15) is 11.5 Å². The van der Waals surface area contributed by atoms with E-state index in [0.717, 1.165) is 0 Å². The van der Waals surface area contributed by atoms with Crippen molar-refractivity contribution >= 4 is 17.6 Å². The summed E-state index contributed by atoms with van der Waals surface area (Å²) in [4.78, 5) is 24.9. The molecule has 0 unspecified atom stereocenters. The standard InChI is InChI=1S/C23H21NO6/c1-27-19-7-5-4-6-18(19)22(25)24-16-9-11-17(12-10-16)30-23(26)15-8-13-20(28-2)21(14-15)29-3/h4-14H,1-3H3,(H,24,25). The summed E-state index contributed by atoms with van der Waals surface area (Å²) in [6.45, 7) is 0. The van der Waals surface area contributed by atoms with Crippen molar-refractivity contribution in [3.63, 3.8) is 0 Å². The largest absolute Gasteiger partial charge is 0.496 e. The molecule has 0 aliphatic carbocycles. The fourth-order valence-corrected chi connectivity index (χ4v) is 2.77. The highest BCUT2D eigenvalue weighted by Gasteiger charge is 2.14. The number of carbonyl (C=O) groups excluding carboxylic acids is 2. The lowest BCUT2D eigenvalue weighted by atomic mass is 10.2. The second-order valence-corrected chi connectivity index (χ2v) is 6.14. The first-order valence-electron chi connectivity index (χ1n) is 9.04. The molecular formula is C23H21NO6. The van der Waals surface area contributed by atoms with Gasteiger partial charge in [0.2, 0.25) is 0 Å². The number of benzene rings is 3. The molecule has 0 saturated heterocycles. The van der Waals surface area contributed by atoms with Gasteiger partial charge in [-0.2, -0.15) is 0 Å². The first-order valence-corrected chi connectivity index (χ1v) is 9.04. The van der Waals surface area contributed by atoms with Crippen molar-refractivity contribution in [1.82, 2.24) is 0 Å². The molecule has 7 nitrogen and oxygen atoms in total. The highest BCUT2D eigenvalue weighted by molar-refractivity contribution is 6.06. The zero-order chi connectivity index (χ0) is 21.5. The predicted octanol–water partition coefficient (Wildman–Crippen LogP) is 4.18. The SMILES string of the molecule is COc1ccc(C(=O)Oc2ccc(NC(=O)c3ccccc3OC)cc2)cc1OC. The van der Waals surface area contributed by atoms with Crippen LogP contribution in [0.3, 0.4) is 0 Å². The minimum Gasteiger partial charge on any atom is -0.496 e. The van der Waals surface area contributed by atoms with Gasteiger partial charge in [0, 0.05) is 5.69 Å². The summed E-state index contributed by atoms with van der Waals surface area (Å²) in [5.41, 5.74) is 1.29. The summed E-state index contributed by atoms with van der Waals surface area (Å²) in [5.74, 6) is 0.926. The molecule has 0 saturated carbocycles. The normalized spacial score (nSPS) is 10.1. The van der Waals surface area contributed by atoms with Gasteiger partial charge in [0.25, 0.3) is 5.91 Å². The lowest BCUT2D eigenvalue weighted by molar-refractivity contribution is 0.0734. The number of nitrogens with one attached hydrogen (secondary N) is 1. The van der Waals surface area contributed by atoms with Crippen molar-refractivity contribution in [2.24, 2.45) is 0 Å². The van der Waals surface area contributed by atoms with Gasteiger partial charge in [-0.25, -0.2) is 4.79 Å². The van der Waals surface area contributed by atoms with Gasteiger partial charge in [0.15, 0.2) is 11.5 Å². The van der Waals surface area contributed by atoms with Crippen LogP contribution in [0.2, 0.25) is 0 Å². The van der Waals surface area contributed by atoms with E-state index in [4.69, 9.17) is 18.9 Å². The van der Waals surface area contributed by atoms with E-state index in [0.29, 0.717) is 39.8 Å². The van der Waals surface area contributed by atoms with E-state index >= 15 is 0 Å². The first-order chi connectivity index (χ1) is 14.5. The molecule has 0 aliphatic heterocycles. The second-order valence-electron chi connectivity index (χ2n) is 6.14. The number of rotatable bonds is 7. The zero-order valence-electron chi connectivity index (χ0n) is 16.8. The molecule has 0 bridgehead atoms. The maximum absolute atomic E-state index is 12.5. The number of anilines is 1. The van der Waals surface area contributed by atoms with Gasteiger partial charge in [0.05, 0.1) is 32.5 Å². The summed E-state index contributed by atoms with van der Waals surface area (Å²) in [7, 11) is 4.52. The van der Waals surface area contributed by atoms with Gasteiger partial charge in [-0.15, -0.1) is 0 Å². The van der Waals surface area contributed by atoms with E-state index in [1.807, 2.05) is 0 Å². The Morgan fingerprint density at radius 2 is 1.40 bits per heavy atom. The highest BCUT2D eigenvalue weighted by Crippen LogP contribution is 2.28. The molecule has 7 heteroatoms. The lowest BCUT2D eigenvalue weighted by Gasteiger charge is -2.11. The number of para-hydroxylation sites is 1. The smallest absolute Gasteiger partial charge is 0.343 e. The minimum atomic E-state index is -0.540. The van der Waals surface area contributed by atoms with Crippen molar-refractivity contribution in [3.8, 4) is 23.0 Å². The van der Waals surface area contributed by atoms with Crippen LogP contribution in [0.5, 0.6) is 23.0 Å². The quantitative estimate of drug-likeness (QED) is 0.467. The van der Waals surface area contributed by atoms with Crippen molar-refractivity contribution in [2.45, 2.75) is 0 Å². The first kappa shape index (κ1) is 20.7. The van der Waals surface area contributed by atoms with E-state index in [1.165, 1.54) is 21.3 Å². The Hall–Kier alpha value is -4.00. The van der Waals surface area contributed by atoms with Crippen LogP contribution in [0.25, 0.3) is 0 Å². The van der Waals surface area contributed by atoms with Crippen molar-refractivity contribution in [2.75, 3.05) is 26.6 Å². The number of hydrogen-bond donors (Lipinski definition) is 1. The average Bonchev–Trinajstić information content (AvgIpc) is 2.79. The number of carbonyl (C=O) groups is 2. The topological polar surface area (TPSA) is 83.1 Å². The van der Waals surface area contributed by atoms with E-state index in [9.17, 15) is 9.59 Å². The minimum absolute atomic E-state index is 0.303. The molecular weight excluding hydrogens is 386 g/mol. The van der Waals surface area contributed by atoms with Gasteiger partial charge in [-0.05, 0) is 54.6 Å². The third kappa shape index (κ3) is 4.70. The summed E-state index contributed by atoms with van der Waals surface area (Å²) in [6.07, 6.45) is 0. The Kier molecular flexibility index (Phi) is 6.54. The van der Waals surface area contributed by atoms with Gasteiger partial charge in [-0.1, -0.05) is 12.1 Å². The Morgan fingerprint density at radius 1 is 0.733 bits per heavy atom. The molecule has 1 amide bonds. The molecule has 3 rings (SSSR count). The molecule has 0 aromatic heterocycles. The van der Waals surface area contributed by atoms with E-state index < -0.39 is 5.97 Å². The van der Waals surface area contributed by atoms with Gasteiger partial charge < -0.3 is 24.3 Å². The van der Waals surface area contributed by atoms with Crippen LogP contribution in [0, 0.1) is 0 Å². The fraction of sp³-hybridized carbons (Fsp3) is 0.130. The van der Waals surface area contributed by atoms with Crippen LogP contribution in [0.1, 0.15) is 20.7 Å². The molecule has 0 heterocycles. The Labute approximate surface area is 174 Å². The van der Waals surface area contributed by atoms with Crippen LogP contribution < -0.4 is 24.3 Å². The maximum Gasteiger partial charge on any atom is 0.343 e. The molecule has 3 aromatic carbocycles. The Bertz CT molecular complexity index is 1050. The van der Waals surface area contributed by atoms with Gasteiger partial charge in [-0.3, -0.25) is 4.79 Å². The molecule has 3 aromatic rings. The van der Waals surface area contributed by atoms with Crippen LogP contribution in [-0.2, 0) is 0 Å². The number of ether oxygens (including phenoxy) is 4. The number of methoxy groups -OCH3 is 3. The van der Waals surface area contributed by atoms with Crippen LogP contribution in [0.15, 0.2) is 66.7 Å². The van der Waals surface area contributed by atoms with Crippen LogP contribution in [0.4, 0.5) is 5.69 Å². The molecule has 0 atom stereocenters. The molecule has 1 N–H and O–H groups in total. The maximum atomic E-state index is 12.5. The van der Waals surface area contributed by atoms with Crippen LogP contribution in [-0.4, -0.2) is 33.2 Å². The van der Waals surface area contributed by atoms with Crippen molar-refractivity contribution in [3.05, 3.63) is 77.9 Å². The highest BCUT2D eigenvalue weighted by atomic mass is 16.5. The summed E-state index contributed by atoms with van der Waals surface area (Å²) in [6, 6.07) is 18.2. The lowest BCUT2D eigenvalue weighted by Crippen LogP contribution is -2.13. The molecule has 30 heavy (non-hydrogen) atoms. The third-order valence-electron chi connectivity index (χ3n) is 4.29. The van der Waals surface area contributed by atoms with E-state index in [2.05, 4.69) is 5.32 Å². The van der Waals surface area contributed by atoms with Crippen LogP contribution >= 0.6 is 0 Å². The zero-order valence-corrected chi connectivity index (χ0v) is 16.8. The summed E-state index contributed by atoms with van der Waals surface area (Å²) in [5, 5.41) is 2.78. The second kappa shape index (κ2) is 9.47. The van der Waals surface area contributed by atoms with Crippen molar-refractivity contribution in [1.29, 1.82) is 0 Å². The molecule has 0 fully saturated rings. The average molecular weight is 407 g/mol. The number of hydrogen-bond acceptors (Lipinski definition) is 6. The Morgan fingerprint density at radius 3 is 2.07 bits per heavy atom. The van der Waals surface area contributed by atoms with Gasteiger partial charge >= 0.3 is 5.97 Å². The van der Waals surface area contributed by atoms with E-state index in [1.54, 1.807) is 66.7 Å². The predicted molar refractivity (Wildman–Crippen MR) is 112 cm³/mol. The van der Waals surface area contributed by atoms with E-state index in [-0.39, 0.29) is 5.91 Å². The molecule has 0 aliphatic rings. The number of esters is 1. The number of amides is 1. The third-order valence-corrected chi connectivity index (χ3v) is 4.29. The molecule has 0 radical (unpaired) electrons. The Balaban J connectivity index is 1.67. The molecule has 0 spiro atoms. The monoisotopic (exact) mass is 407 g/mol. The molecule has 154 valence electrons. The summed E-state index contributed by atoms with van der Waals surface area (Å²) < 4.78 is 21.0.